The van der Waals surface area contributed by atoms with E-state index in [4.69, 9.17) is 9.47 Å². The van der Waals surface area contributed by atoms with Crippen molar-refractivity contribution in [3.8, 4) is 0 Å². The second kappa shape index (κ2) is 10.2. The summed E-state index contributed by atoms with van der Waals surface area (Å²) >= 11 is 0. The van der Waals surface area contributed by atoms with Crippen LogP contribution in [0.3, 0.4) is 0 Å². The van der Waals surface area contributed by atoms with Crippen LogP contribution in [-0.2, 0) is 14.3 Å². The maximum Gasteiger partial charge on any atom is 0.338 e. The van der Waals surface area contributed by atoms with Crippen LogP contribution in [0.25, 0.3) is 0 Å². The first kappa shape index (κ1) is 22.5. The lowest BCUT2D eigenvalue weighted by Gasteiger charge is -2.36. The molecule has 0 spiro atoms. The van der Waals surface area contributed by atoms with Crippen molar-refractivity contribution in [1.29, 1.82) is 0 Å². The minimum Gasteiger partial charge on any atom is -0.462 e. The van der Waals surface area contributed by atoms with Crippen LogP contribution in [-0.4, -0.2) is 48.7 Å². The second-order valence-corrected chi connectivity index (χ2v) is 8.01. The lowest BCUT2D eigenvalue weighted by atomic mass is 9.98. The number of rotatable bonds is 6. The maximum absolute atomic E-state index is 13.0. The van der Waals surface area contributed by atoms with Crippen molar-refractivity contribution >= 4 is 28.9 Å². The average molecular weight is 474 g/mol. The SMILES string of the molecule is Br.CN1C2CCC1CC(OC(=O)C(COC(=O)c1ccccc1)c1ccccc1)C2. The Morgan fingerprint density at radius 1 is 0.967 bits per heavy atom. The number of nitrogens with zero attached hydrogens (tertiary/aromatic N) is 1. The summed E-state index contributed by atoms with van der Waals surface area (Å²) in [5.41, 5.74) is 1.27. The molecule has 160 valence electrons. The molecule has 4 rings (SSSR count). The van der Waals surface area contributed by atoms with E-state index in [1.807, 2.05) is 36.4 Å². The Morgan fingerprint density at radius 2 is 1.53 bits per heavy atom. The smallest absolute Gasteiger partial charge is 0.338 e. The van der Waals surface area contributed by atoms with Gasteiger partial charge < -0.3 is 14.4 Å². The molecule has 6 heteroatoms. The Balaban J connectivity index is 0.00000256. The Bertz CT molecular complexity index is 831. The molecule has 2 heterocycles. The molecule has 30 heavy (non-hydrogen) atoms. The Morgan fingerprint density at radius 3 is 2.13 bits per heavy atom. The molecule has 2 aliphatic rings. The number of benzene rings is 2. The van der Waals surface area contributed by atoms with Gasteiger partial charge in [-0.2, -0.15) is 0 Å². The summed E-state index contributed by atoms with van der Waals surface area (Å²) in [6.07, 6.45) is 4.04. The number of hydrogen-bond donors (Lipinski definition) is 0. The van der Waals surface area contributed by atoms with Gasteiger partial charge in [0, 0.05) is 12.1 Å². The molecule has 5 nitrogen and oxygen atoms in total. The third-order valence-electron chi connectivity index (χ3n) is 6.21. The summed E-state index contributed by atoms with van der Waals surface area (Å²) < 4.78 is 11.4. The van der Waals surface area contributed by atoms with Crippen LogP contribution in [0.1, 0.15) is 47.5 Å². The van der Waals surface area contributed by atoms with Crippen LogP contribution < -0.4 is 0 Å². The van der Waals surface area contributed by atoms with Gasteiger partial charge in [0.05, 0.1) is 5.56 Å². The van der Waals surface area contributed by atoms with Gasteiger partial charge in [0.1, 0.15) is 18.6 Å². The highest BCUT2D eigenvalue weighted by atomic mass is 79.9. The normalized spacial score (nSPS) is 23.8. The molecule has 2 fully saturated rings. The molecular weight excluding hydrogens is 446 g/mol. The van der Waals surface area contributed by atoms with Gasteiger partial charge in [0.25, 0.3) is 0 Å². The van der Waals surface area contributed by atoms with E-state index in [9.17, 15) is 9.59 Å². The molecule has 2 saturated heterocycles. The number of piperidine rings is 1. The van der Waals surface area contributed by atoms with Gasteiger partial charge >= 0.3 is 11.9 Å². The van der Waals surface area contributed by atoms with E-state index in [-0.39, 0.29) is 35.7 Å². The summed E-state index contributed by atoms with van der Waals surface area (Å²) in [7, 11) is 2.16. The average Bonchev–Trinajstić information content (AvgIpc) is 2.96. The van der Waals surface area contributed by atoms with E-state index in [1.165, 1.54) is 12.8 Å². The van der Waals surface area contributed by atoms with Gasteiger partial charge in [-0.1, -0.05) is 48.5 Å². The molecule has 2 bridgehead atoms. The Kier molecular flexibility index (Phi) is 7.67. The van der Waals surface area contributed by atoms with E-state index < -0.39 is 11.9 Å². The van der Waals surface area contributed by atoms with Crippen LogP contribution in [0.2, 0.25) is 0 Å². The summed E-state index contributed by atoms with van der Waals surface area (Å²) in [6, 6.07) is 19.2. The molecule has 3 unspecified atom stereocenters. The largest absolute Gasteiger partial charge is 0.462 e. The number of fused-ring (bicyclic) bond motifs is 2. The first-order valence-electron chi connectivity index (χ1n) is 10.3. The molecule has 0 radical (unpaired) electrons. The Labute approximate surface area is 188 Å². The maximum atomic E-state index is 13.0. The number of hydrogen-bond acceptors (Lipinski definition) is 5. The van der Waals surface area contributed by atoms with Crippen LogP contribution in [0.4, 0.5) is 0 Å². The summed E-state index contributed by atoms with van der Waals surface area (Å²) in [4.78, 5) is 27.8. The lowest BCUT2D eigenvalue weighted by molar-refractivity contribution is -0.155. The molecule has 2 aromatic rings. The number of halogens is 1. The molecule has 0 saturated carbocycles. The van der Waals surface area contributed by atoms with E-state index in [1.54, 1.807) is 24.3 Å². The number of esters is 2. The van der Waals surface area contributed by atoms with Gasteiger partial charge in [0.15, 0.2) is 0 Å². The molecule has 2 aromatic carbocycles. The fraction of sp³-hybridized carbons (Fsp3) is 0.417. The van der Waals surface area contributed by atoms with Gasteiger partial charge in [0.2, 0.25) is 0 Å². The van der Waals surface area contributed by atoms with Gasteiger partial charge in [-0.05, 0) is 50.4 Å². The summed E-state index contributed by atoms with van der Waals surface area (Å²) in [6.45, 7) is -0.0317. The van der Waals surface area contributed by atoms with E-state index >= 15 is 0 Å². The van der Waals surface area contributed by atoms with Crippen molar-refractivity contribution in [3.63, 3.8) is 0 Å². The van der Waals surface area contributed by atoms with Crippen LogP contribution in [0.15, 0.2) is 60.7 Å². The van der Waals surface area contributed by atoms with Crippen molar-refractivity contribution in [1.82, 2.24) is 4.90 Å². The molecule has 3 atom stereocenters. The van der Waals surface area contributed by atoms with Crippen LogP contribution in [0, 0.1) is 0 Å². The standard InChI is InChI=1S/C24H27NO4.BrH/c1-25-19-12-13-20(25)15-21(14-19)29-24(27)22(17-8-4-2-5-9-17)16-28-23(26)18-10-6-3-7-11-18;/h2-11,19-22H,12-16H2,1H3;1H. The predicted molar refractivity (Wildman–Crippen MR) is 120 cm³/mol. The highest BCUT2D eigenvalue weighted by molar-refractivity contribution is 8.93. The topological polar surface area (TPSA) is 55.8 Å². The lowest BCUT2D eigenvalue weighted by Crippen LogP contribution is -2.44. The number of carbonyl (C=O) groups is 2. The van der Waals surface area contributed by atoms with Crippen molar-refractivity contribution in [2.45, 2.75) is 49.8 Å². The third-order valence-corrected chi connectivity index (χ3v) is 6.21. The van der Waals surface area contributed by atoms with Crippen LogP contribution in [0.5, 0.6) is 0 Å². The minimum absolute atomic E-state index is 0. The molecule has 0 amide bonds. The highest BCUT2D eigenvalue weighted by Gasteiger charge is 2.40. The van der Waals surface area contributed by atoms with E-state index in [0.29, 0.717) is 17.6 Å². The van der Waals surface area contributed by atoms with E-state index in [0.717, 1.165) is 18.4 Å². The van der Waals surface area contributed by atoms with Gasteiger partial charge in [-0.15, -0.1) is 17.0 Å². The molecular formula is C24H28BrNO4. The Hall–Kier alpha value is -2.18. The van der Waals surface area contributed by atoms with Crippen molar-refractivity contribution in [3.05, 3.63) is 71.8 Å². The fourth-order valence-corrected chi connectivity index (χ4v) is 4.51. The van der Waals surface area contributed by atoms with Gasteiger partial charge in [-0.25, -0.2) is 4.79 Å². The summed E-state index contributed by atoms with van der Waals surface area (Å²) in [5, 5.41) is 0. The van der Waals surface area contributed by atoms with E-state index in [2.05, 4.69) is 11.9 Å². The number of carbonyl (C=O) groups excluding carboxylic acids is 2. The zero-order valence-corrected chi connectivity index (χ0v) is 18.8. The minimum atomic E-state index is -0.624. The second-order valence-electron chi connectivity index (χ2n) is 8.01. The molecule has 0 N–H and O–H groups in total. The predicted octanol–water partition coefficient (Wildman–Crippen LogP) is 4.37. The van der Waals surface area contributed by atoms with Gasteiger partial charge in [-0.3, -0.25) is 4.79 Å². The monoisotopic (exact) mass is 473 g/mol. The molecule has 2 aliphatic heterocycles. The zero-order chi connectivity index (χ0) is 20.2. The highest BCUT2D eigenvalue weighted by Crippen LogP contribution is 2.36. The van der Waals surface area contributed by atoms with Crippen molar-refractivity contribution in [2.24, 2.45) is 0 Å². The van der Waals surface area contributed by atoms with Crippen LogP contribution >= 0.6 is 17.0 Å². The summed E-state index contributed by atoms with van der Waals surface area (Å²) in [5.74, 6) is -1.37. The third kappa shape index (κ3) is 5.10. The number of ether oxygens (including phenoxy) is 2. The van der Waals surface area contributed by atoms with Crippen molar-refractivity contribution in [2.75, 3.05) is 13.7 Å². The fourth-order valence-electron chi connectivity index (χ4n) is 4.51. The molecule has 0 aliphatic carbocycles. The van der Waals surface area contributed by atoms with Crippen molar-refractivity contribution < 1.29 is 19.1 Å². The molecule has 0 aromatic heterocycles. The zero-order valence-electron chi connectivity index (χ0n) is 17.1. The first-order valence-corrected chi connectivity index (χ1v) is 10.3. The quantitative estimate of drug-likeness (QED) is 0.582. The first-order chi connectivity index (χ1) is 14.1.